The Kier molecular flexibility index (Phi) is 9.16. The third-order valence-electron chi connectivity index (χ3n) is 6.62. The van der Waals surface area contributed by atoms with Crippen molar-refractivity contribution >= 4 is 39.7 Å². The van der Waals surface area contributed by atoms with E-state index in [1.54, 1.807) is 30.1 Å². The molecule has 2 N–H and O–H groups in total. The first kappa shape index (κ1) is 27.4. The van der Waals surface area contributed by atoms with Crippen molar-refractivity contribution in [2.45, 2.75) is 38.6 Å². The van der Waals surface area contributed by atoms with Gasteiger partial charge in [-0.25, -0.2) is 0 Å². The number of likely N-dealkylation sites (N-methyl/N-ethyl adjacent to an activating group) is 1. The maximum Gasteiger partial charge on any atom is 0.251 e. The first-order valence-corrected chi connectivity index (χ1v) is 13.3. The van der Waals surface area contributed by atoms with Gasteiger partial charge in [0.05, 0.1) is 11.4 Å². The number of carbonyl (C=O) groups excluding carboxylic acids is 1. The number of phenols is 1. The fourth-order valence-corrected chi connectivity index (χ4v) is 4.72. The van der Waals surface area contributed by atoms with Crippen molar-refractivity contribution < 1.29 is 15.0 Å². The summed E-state index contributed by atoms with van der Waals surface area (Å²) in [6.45, 7) is 2.48. The molecule has 0 aromatic heterocycles. The van der Waals surface area contributed by atoms with Crippen molar-refractivity contribution in [2.75, 3.05) is 18.6 Å². The van der Waals surface area contributed by atoms with Gasteiger partial charge in [-0.15, -0.1) is 0 Å². The normalized spacial score (nSPS) is 14.8. The molecule has 1 heterocycles. The molecule has 6 heteroatoms. The van der Waals surface area contributed by atoms with Crippen LogP contribution in [0.5, 0.6) is 5.75 Å². The molecule has 0 bridgehead atoms. The predicted octanol–water partition coefficient (Wildman–Crippen LogP) is 6.79. The summed E-state index contributed by atoms with van der Waals surface area (Å²) < 4.78 is 0. The average Bonchev–Trinajstić information content (AvgIpc) is 3.03. The lowest BCUT2D eigenvalue weighted by Gasteiger charge is -2.20. The van der Waals surface area contributed by atoms with Crippen LogP contribution in [-0.2, 0) is 11.2 Å². The smallest absolute Gasteiger partial charge is 0.251 e. The Morgan fingerprint density at radius 3 is 2.34 bits per heavy atom. The molecule has 1 amide bonds. The molecule has 0 aliphatic carbocycles. The van der Waals surface area contributed by atoms with Gasteiger partial charge in [0.1, 0.15) is 11.8 Å². The molecular formula is C32H33ClN2O3. The van der Waals surface area contributed by atoms with E-state index in [9.17, 15) is 9.90 Å². The second-order valence-corrected chi connectivity index (χ2v) is 9.85. The number of anilines is 1. The first-order valence-electron chi connectivity index (χ1n) is 12.9. The Morgan fingerprint density at radius 1 is 0.921 bits per heavy atom. The number of amides is 1. The second-order valence-electron chi connectivity index (χ2n) is 9.42. The van der Waals surface area contributed by atoms with Gasteiger partial charge in [0, 0.05) is 36.2 Å². The number of rotatable bonds is 6. The number of aliphatic hydroxyl groups excluding tert-OH is 1. The van der Waals surface area contributed by atoms with Crippen molar-refractivity contribution in [3.8, 4) is 5.75 Å². The SMILES string of the molecule is CCCCCO.CN1C(=O)C(Cc2ccc3ccccc3c2)N=C(c2ccc(O)cc2)c2cc(Cl)ccc21. The molecule has 196 valence electrons. The fourth-order valence-electron chi connectivity index (χ4n) is 4.55. The van der Waals surface area contributed by atoms with Crippen molar-refractivity contribution in [3.05, 3.63) is 107 Å². The number of carbonyl (C=O) groups is 1. The molecule has 1 aliphatic heterocycles. The van der Waals surface area contributed by atoms with E-state index in [0.717, 1.165) is 46.0 Å². The molecule has 38 heavy (non-hydrogen) atoms. The number of benzodiazepines with no additional fused rings is 1. The molecule has 0 radical (unpaired) electrons. The summed E-state index contributed by atoms with van der Waals surface area (Å²) >= 11 is 6.32. The van der Waals surface area contributed by atoms with Crippen LogP contribution in [0, 0.1) is 0 Å². The highest BCUT2D eigenvalue weighted by atomic mass is 35.5. The summed E-state index contributed by atoms with van der Waals surface area (Å²) in [6, 6.07) is 26.2. The number of aromatic hydroxyl groups is 1. The van der Waals surface area contributed by atoms with E-state index in [1.807, 2.05) is 36.4 Å². The predicted molar refractivity (Wildman–Crippen MR) is 157 cm³/mol. The minimum atomic E-state index is -0.587. The Balaban J connectivity index is 0.000000505. The van der Waals surface area contributed by atoms with Crippen LogP contribution in [0.25, 0.3) is 10.8 Å². The van der Waals surface area contributed by atoms with Gasteiger partial charge in [0.25, 0.3) is 5.91 Å². The minimum absolute atomic E-state index is 0.0736. The number of benzene rings is 4. The van der Waals surface area contributed by atoms with Crippen molar-refractivity contribution in [1.29, 1.82) is 0 Å². The fraction of sp³-hybridized carbons (Fsp3) is 0.250. The topological polar surface area (TPSA) is 73.1 Å². The van der Waals surface area contributed by atoms with Gasteiger partial charge >= 0.3 is 0 Å². The van der Waals surface area contributed by atoms with Gasteiger partial charge in [0.15, 0.2) is 0 Å². The third kappa shape index (κ3) is 6.42. The van der Waals surface area contributed by atoms with Crippen molar-refractivity contribution in [2.24, 2.45) is 4.99 Å². The zero-order valence-electron chi connectivity index (χ0n) is 21.8. The lowest BCUT2D eigenvalue weighted by molar-refractivity contribution is -0.119. The van der Waals surface area contributed by atoms with Crippen LogP contribution in [0.3, 0.4) is 0 Å². The third-order valence-corrected chi connectivity index (χ3v) is 6.86. The summed E-state index contributed by atoms with van der Waals surface area (Å²) in [6.07, 6.45) is 3.81. The molecule has 1 aliphatic rings. The van der Waals surface area contributed by atoms with Crippen molar-refractivity contribution in [1.82, 2.24) is 0 Å². The number of hydrogen-bond acceptors (Lipinski definition) is 4. The van der Waals surface area contributed by atoms with E-state index in [1.165, 1.54) is 6.42 Å². The quantitative estimate of drug-likeness (QED) is 0.270. The van der Waals surface area contributed by atoms with Crippen molar-refractivity contribution in [3.63, 3.8) is 0 Å². The standard InChI is InChI=1S/C27H21ClN2O2.C5H12O/c1-30-25-13-10-21(28)16-23(25)26(19-8-11-22(31)12-9-19)29-24(27(30)32)15-17-6-7-18-4-2-3-5-20(18)14-17;1-2-3-4-5-6/h2-14,16,24,31H,15H2,1H3;6H,2-5H2,1H3. The average molecular weight is 529 g/mol. The van der Waals surface area contributed by atoms with E-state index in [2.05, 4.69) is 37.3 Å². The summed E-state index contributed by atoms with van der Waals surface area (Å²) in [4.78, 5) is 20.0. The zero-order valence-corrected chi connectivity index (χ0v) is 22.5. The Morgan fingerprint density at radius 2 is 1.66 bits per heavy atom. The van der Waals surface area contributed by atoms with E-state index >= 15 is 0 Å². The summed E-state index contributed by atoms with van der Waals surface area (Å²) in [5.41, 5.74) is 4.10. The van der Waals surface area contributed by atoms with Crippen LogP contribution in [-0.4, -0.2) is 41.5 Å². The largest absolute Gasteiger partial charge is 0.508 e. The number of fused-ring (bicyclic) bond motifs is 2. The summed E-state index contributed by atoms with van der Waals surface area (Å²) in [5.74, 6) is 0.103. The van der Waals surface area contributed by atoms with Crippen LogP contribution >= 0.6 is 11.6 Å². The van der Waals surface area contributed by atoms with Crippen LogP contribution < -0.4 is 4.90 Å². The minimum Gasteiger partial charge on any atom is -0.508 e. The Hall–Kier alpha value is -3.67. The molecule has 0 fully saturated rings. The number of nitrogens with zero attached hydrogens (tertiary/aromatic N) is 2. The molecule has 1 atom stereocenters. The molecule has 0 spiro atoms. The molecule has 0 saturated carbocycles. The van der Waals surface area contributed by atoms with E-state index < -0.39 is 6.04 Å². The van der Waals surface area contributed by atoms with Gasteiger partial charge in [-0.2, -0.15) is 0 Å². The van der Waals surface area contributed by atoms with E-state index in [4.69, 9.17) is 21.7 Å². The molecule has 1 unspecified atom stereocenters. The van der Waals surface area contributed by atoms with E-state index in [-0.39, 0.29) is 11.7 Å². The zero-order chi connectivity index (χ0) is 27.1. The van der Waals surface area contributed by atoms with Gasteiger partial charge in [0.2, 0.25) is 0 Å². The molecule has 4 aromatic rings. The number of hydrogen-bond donors (Lipinski definition) is 2. The van der Waals surface area contributed by atoms with Crippen LogP contribution in [0.1, 0.15) is 42.9 Å². The van der Waals surface area contributed by atoms with Gasteiger partial charge in [-0.1, -0.05) is 73.8 Å². The Labute approximate surface area is 229 Å². The molecule has 5 nitrogen and oxygen atoms in total. The molecule has 4 aromatic carbocycles. The number of phenolic OH excluding ortho intramolecular Hbond substituents is 1. The number of aliphatic hydroxyl groups is 1. The highest BCUT2D eigenvalue weighted by molar-refractivity contribution is 6.32. The lowest BCUT2D eigenvalue weighted by atomic mass is 9.99. The number of halogens is 1. The monoisotopic (exact) mass is 528 g/mol. The van der Waals surface area contributed by atoms with Crippen LogP contribution in [0.4, 0.5) is 5.69 Å². The maximum absolute atomic E-state index is 13.4. The maximum atomic E-state index is 13.4. The van der Waals surface area contributed by atoms with Crippen LogP contribution in [0.2, 0.25) is 5.02 Å². The highest BCUT2D eigenvalue weighted by Crippen LogP contribution is 2.31. The van der Waals surface area contributed by atoms with Gasteiger partial charge in [-0.05, 0) is 65.2 Å². The van der Waals surface area contributed by atoms with E-state index in [0.29, 0.717) is 23.8 Å². The summed E-state index contributed by atoms with van der Waals surface area (Å²) in [5, 5.41) is 20.8. The number of unbranched alkanes of at least 4 members (excludes halogenated alkanes) is 2. The Bertz CT molecular complexity index is 1430. The highest BCUT2D eigenvalue weighted by Gasteiger charge is 2.30. The second kappa shape index (κ2) is 12.7. The van der Waals surface area contributed by atoms with Crippen LogP contribution in [0.15, 0.2) is 89.9 Å². The summed E-state index contributed by atoms with van der Waals surface area (Å²) in [7, 11) is 1.78. The molecule has 5 rings (SSSR count). The first-order chi connectivity index (χ1) is 18.4. The number of aliphatic imine (C=N–C) groups is 1. The molecule has 0 saturated heterocycles. The van der Waals surface area contributed by atoms with Gasteiger partial charge < -0.3 is 15.1 Å². The van der Waals surface area contributed by atoms with Gasteiger partial charge in [-0.3, -0.25) is 9.79 Å². The molecular weight excluding hydrogens is 496 g/mol. The lowest BCUT2D eigenvalue weighted by Crippen LogP contribution is -2.36.